The first-order valence-corrected chi connectivity index (χ1v) is 7.81. The van der Waals surface area contributed by atoms with Crippen molar-refractivity contribution in [1.82, 2.24) is 15.6 Å². The maximum absolute atomic E-state index is 11.8. The van der Waals surface area contributed by atoms with E-state index < -0.39 is 11.9 Å². The number of carbonyl (C=O) groups is 3. The van der Waals surface area contributed by atoms with Gasteiger partial charge >= 0.3 is 11.9 Å². The minimum absolute atomic E-state index is 0.0142. The molecule has 0 aliphatic rings. The predicted molar refractivity (Wildman–Crippen MR) is 94.2 cm³/mol. The Kier molecular flexibility index (Phi) is 9.05. The van der Waals surface area contributed by atoms with Crippen LogP contribution in [0.2, 0.25) is 0 Å². The first-order valence-electron chi connectivity index (χ1n) is 7.81. The molecule has 1 atom stereocenters. The van der Waals surface area contributed by atoms with Crippen molar-refractivity contribution in [2.24, 2.45) is 0 Å². The Hall–Kier alpha value is -3.26. The molecule has 0 bridgehead atoms. The van der Waals surface area contributed by atoms with Crippen molar-refractivity contribution in [2.75, 3.05) is 6.54 Å². The number of carboxylic acid groups (broad SMARTS) is 2. The minimum atomic E-state index is -1.82. The predicted octanol–water partition coefficient (Wildman–Crippen LogP) is 1.20. The summed E-state index contributed by atoms with van der Waals surface area (Å²) in [7, 11) is 0. The van der Waals surface area contributed by atoms with Gasteiger partial charge in [-0.1, -0.05) is 36.4 Å². The van der Waals surface area contributed by atoms with E-state index in [2.05, 4.69) is 15.6 Å². The second-order valence-electron chi connectivity index (χ2n) is 5.23. The molecular formula is C18H21N3O5. The van der Waals surface area contributed by atoms with Gasteiger partial charge in [0.05, 0.1) is 18.3 Å². The fourth-order valence-electron chi connectivity index (χ4n) is 1.92. The van der Waals surface area contributed by atoms with E-state index in [4.69, 9.17) is 19.8 Å². The number of aromatic nitrogens is 1. The number of benzene rings is 1. The molecule has 4 N–H and O–H groups in total. The Morgan fingerprint density at radius 2 is 1.62 bits per heavy atom. The molecule has 8 nitrogen and oxygen atoms in total. The van der Waals surface area contributed by atoms with Gasteiger partial charge in [0, 0.05) is 12.7 Å². The number of nitrogens with zero attached hydrogens (tertiary/aromatic N) is 1. The van der Waals surface area contributed by atoms with Gasteiger partial charge in [0.15, 0.2) is 0 Å². The molecule has 26 heavy (non-hydrogen) atoms. The fourth-order valence-corrected chi connectivity index (χ4v) is 1.92. The zero-order valence-electron chi connectivity index (χ0n) is 14.3. The number of nitrogens with one attached hydrogen (secondary N) is 2. The molecule has 1 aromatic carbocycles. The van der Waals surface area contributed by atoms with Gasteiger partial charge in [-0.3, -0.25) is 9.78 Å². The summed E-state index contributed by atoms with van der Waals surface area (Å²) in [4.78, 5) is 34.2. The van der Waals surface area contributed by atoms with Gasteiger partial charge in [-0.05, 0) is 24.6 Å². The monoisotopic (exact) mass is 359 g/mol. The number of amides is 1. The fraction of sp³-hybridized carbons (Fsp3) is 0.222. The lowest BCUT2D eigenvalue weighted by Crippen LogP contribution is -2.35. The van der Waals surface area contributed by atoms with E-state index in [1.54, 1.807) is 6.20 Å². The van der Waals surface area contributed by atoms with Crippen molar-refractivity contribution >= 4 is 17.8 Å². The van der Waals surface area contributed by atoms with Gasteiger partial charge < -0.3 is 20.8 Å². The largest absolute Gasteiger partial charge is 0.473 e. The molecule has 1 aromatic heterocycles. The molecule has 0 spiro atoms. The Morgan fingerprint density at radius 1 is 1.00 bits per heavy atom. The highest BCUT2D eigenvalue weighted by Gasteiger charge is 2.08. The summed E-state index contributed by atoms with van der Waals surface area (Å²) >= 11 is 0. The summed E-state index contributed by atoms with van der Waals surface area (Å²) in [6.07, 6.45) is 1.74. The quantitative estimate of drug-likeness (QED) is 0.571. The summed E-state index contributed by atoms with van der Waals surface area (Å²) < 4.78 is 0. The van der Waals surface area contributed by atoms with E-state index in [1.807, 2.05) is 55.5 Å². The summed E-state index contributed by atoms with van der Waals surface area (Å²) in [5, 5.41) is 20.8. The van der Waals surface area contributed by atoms with Crippen molar-refractivity contribution in [3.63, 3.8) is 0 Å². The van der Waals surface area contributed by atoms with Crippen molar-refractivity contribution in [3.05, 3.63) is 66.0 Å². The SMILES string of the molecule is CC(NC(=O)CNCc1ccccn1)c1ccccc1.O=C(O)C(=O)O. The van der Waals surface area contributed by atoms with Gasteiger partial charge in [-0.25, -0.2) is 9.59 Å². The summed E-state index contributed by atoms with van der Waals surface area (Å²) in [5.74, 6) is -3.66. The van der Waals surface area contributed by atoms with Crippen LogP contribution in [0.1, 0.15) is 24.2 Å². The van der Waals surface area contributed by atoms with Crippen LogP contribution in [0.3, 0.4) is 0 Å². The molecule has 0 saturated carbocycles. The molecule has 8 heteroatoms. The first kappa shape index (κ1) is 20.8. The molecule has 1 unspecified atom stereocenters. The van der Waals surface area contributed by atoms with Gasteiger partial charge in [0.25, 0.3) is 0 Å². The lowest BCUT2D eigenvalue weighted by atomic mass is 10.1. The highest BCUT2D eigenvalue weighted by molar-refractivity contribution is 6.27. The van der Waals surface area contributed by atoms with Crippen molar-refractivity contribution in [3.8, 4) is 0 Å². The summed E-state index contributed by atoms with van der Waals surface area (Å²) in [6.45, 7) is 2.85. The zero-order valence-corrected chi connectivity index (χ0v) is 14.3. The van der Waals surface area contributed by atoms with Gasteiger partial charge in [-0.15, -0.1) is 0 Å². The van der Waals surface area contributed by atoms with E-state index in [1.165, 1.54) is 0 Å². The average Bonchev–Trinajstić information content (AvgIpc) is 2.63. The average molecular weight is 359 g/mol. The first-order chi connectivity index (χ1) is 12.4. The van der Waals surface area contributed by atoms with Crippen LogP contribution in [-0.2, 0) is 20.9 Å². The maximum atomic E-state index is 11.8. The third-order valence-electron chi connectivity index (χ3n) is 3.18. The van der Waals surface area contributed by atoms with Crippen molar-refractivity contribution < 1.29 is 24.6 Å². The van der Waals surface area contributed by atoms with Crippen LogP contribution >= 0.6 is 0 Å². The molecule has 0 aliphatic heterocycles. The van der Waals surface area contributed by atoms with Crippen LogP contribution in [-0.4, -0.2) is 39.6 Å². The minimum Gasteiger partial charge on any atom is -0.473 e. The van der Waals surface area contributed by atoms with Crippen LogP contribution < -0.4 is 10.6 Å². The highest BCUT2D eigenvalue weighted by Crippen LogP contribution is 2.10. The zero-order chi connectivity index (χ0) is 19.4. The van der Waals surface area contributed by atoms with E-state index in [0.29, 0.717) is 6.54 Å². The van der Waals surface area contributed by atoms with Crippen LogP contribution in [0.4, 0.5) is 0 Å². The van der Waals surface area contributed by atoms with E-state index in [0.717, 1.165) is 11.3 Å². The summed E-state index contributed by atoms with van der Waals surface area (Å²) in [5.41, 5.74) is 2.03. The molecule has 2 rings (SSSR count). The van der Waals surface area contributed by atoms with Gasteiger partial charge in [0.1, 0.15) is 0 Å². The Bertz CT molecular complexity index is 695. The van der Waals surface area contributed by atoms with Gasteiger partial charge in [-0.2, -0.15) is 0 Å². The van der Waals surface area contributed by atoms with E-state index in [9.17, 15) is 4.79 Å². The highest BCUT2D eigenvalue weighted by atomic mass is 16.4. The lowest BCUT2D eigenvalue weighted by Gasteiger charge is -2.14. The molecule has 1 heterocycles. The van der Waals surface area contributed by atoms with Crippen LogP contribution in [0.5, 0.6) is 0 Å². The standard InChI is InChI=1S/C16H19N3O.C2H2O4/c1-13(14-7-3-2-4-8-14)19-16(20)12-17-11-15-9-5-6-10-18-15;3-1(4)2(5)6/h2-10,13,17H,11-12H2,1H3,(H,19,20);(H,3,4)(H,5,6). The molecular weight excluding hydrogens is 338 g/mol. The molecule has 0 saturated heterocycles. The second-order valence-corrected chi connectivity index (χ2v) is 5.23. The number of hydrogen-bond acceptors (Lipinski definition) is 5. The maximum Gasteiger partial charge on any atom is 0.414 e. The molecule has 0 radical (unpaired) electrons. The number of pyridine rings is 1. The molecule has 2 aromatic rings. The number of aliphatic carboxylic acids is 2. The lowest BCUT2D eigenvalue weighted by molar-refractivity contribution is -0.159. The second kappa shape index (κ2) is 11.3. The molecule has 1 amide bonds. The number of rotatable bonds is 6. The normalized spacial score (nSPS) is 10.8. The third kappa shape index (κ3) is 8.55. The molecule has 0 fully saturated rings. The van der Waals surface area contributed by atoms with E-state index >= 15 is 0 Å². The van der Waals surface area contributed by atoms with Gasteiger partial charge in [0.2, 0.25) is 5.91 Å². The molecule has 138 valence electrons. The summed E-state index contributed by atoms with van der Waals surface area (Å²) in [6, 6.07) is 15.7. The molecule has 0 aliphatic carbocycles. The third-order valence-corrected chi connectivity index (χ3v) is 3.18. The number of carboxylic acids is 2. The van der Waals surface area contributed by atoms with Crippen LogP contribution in [0.15, 0.2) is 54.7 Å². The Labute approximate surface area is 150 Å². The van der Waals surface area contributed by atoms with E-state index in [-0.39, 0.29) is 18.5 Å². The van der Waals surface area contributed by atoms with Crippen LogP contribution in [0, 0.1) is 0 Å². The van der Waals surface area contributed by atoms with Crippen molar-refractivity contribution in [2.45, 2.75) is 19.5 Å². The number of carbonyl (C=O) groups excluding carboxylic acids is 1. The smallest absolute Gasteiger partial charge is 0.414 e. The Morgan fingerprint density at radius 3 is 2.15 bits per heavy atom. The topological polar surface area (TPSA) is 129 Å². The number of hydrogen-bond donors (Lipinski definition) is 4. The Balaban J connectivity index is 0.000000487. The van der Waals surface area contributed by atoms with Crippen LogP contribution in [0.25, 0.3) is 0 Å². The van der Waals surface area contributed by atoms with Crippen molar-refractivity contribution in [1.29, 1.82) is 0 Å².